The van der Waals surface area contributed by atoms with Crippen LogP contribution in [0.2, 0.25) is 0 Å². The summed E-state index contributed by atoms with van der Waals surface area (Å²) < 4.78 is 35.1. The van der Waals surface area contributed by atoms with Gasteiger partial charge in [0.25, 0.3) is 11.5 Å². The molecule has 2 aromatic carbocycles. The van der Waals surface area contributed by atoms with E-state index in [9.17, 15) is 14.4 Å². The van der Waals surface area contributed by atoms with E-state index in [-0.39, 0.29) is 25.7 Å². The van der Waals surface area contributed by atoms with Crippen molar-refractivity contribution in [3.05, 3.63) is 83.6 Å². The number of carbonyl (C=O) groups excluding carboxylic acids is 3. The summed E-state index contributed by atoms with van der Waals surface area (Å²) in [4.78, 5) is 41.7. The molecule has 3 saturated heterocycles. The molecule has 3 aromatic rings. The minimum atomic E-state index is -1.84. The van der Waals surface area contributed by atoms with Crippen molar-refractivity contribution in [1.29, 1.82) is 0 Å². The van der Waals surface area contributed by atoms with Crippen LogP contribution in [-0.4, -0.2) is 100 Å². The van der Waals surface area contributed by atoms with Crippen LogP contribution in [-0.2, 0) is 34.2 Å². The Balaban J connectivity index is 0.985. The first kappa shape index (κ1) is 40.1. The number of rotatable bonds is 17. The lowest BCUT2D eigenvalue weighted by Gasteiger charge is -2.47. The maximum Gasteiger partial charge on any atom is 0.360 e. The first-order chi connectivity index (χ1) is 27.2. The predicted octanol–water partition coefficient (Wildman–Crippen LogP) is 7.35. The van der Waals surface area contributed by atoms with Crippen LogP contribution in [0.25, 0.3) is 5.57 Å². The Bertz CT molecular complexity index is 1770. The number of hydrogen-bond acceptors (Lipinski definition) is 10. The summed E-state index contributed by atoms with van der Waals surface area (Å²) in [6, 6.07) is 19.2. The summed E-state index contributed by atoms with van der Waals surface area (Å²) in [5, 5.41) is 0. The second kappa shape index (κ2) is 18.0. The Hall–Kier alpha value is -4.13. The van der Waals surface area contributed by atoms with Gasteiger partial charge in [-0.3, -0.25) is 14.1 Å². The highest BCUT2D eigenvalue weighted by Gasteiger charge is 2.57. The highest BCUT2D eigenvalue weighted by molar-refractivity contribution is 6.99. The first-order valence-corrected chi connectivity index (χ1v) is 21.5. The summed E-state index contributed by atoms with van der Waals surface area (Å²) >= 11 is 1.14. The van der Waals surface area contributed by atoms with Gasteiger partial charge in [0.15, 0.2) is 0 Å². The predicted molar refractivity (Wildman–Crippen MR) is 213 cm³/mol. The van der Waals surface area contributed by atoms with Crippen LogP contribution in [0.3, 0.4) is 0 Å². The van der Waals surface area contributed by atoms with E-state index in [1.807, 2.05) is 43.4 Å². The zero-order valence-corrected chi connectivity index (χ0v) is 33.9. The van der Waals surface area contributed by atoms with Crippen LogP contribution in [0.4, 0.5) is 0 Å². The number of quaternary nitrogens is 2. The zero-order chi connectivity index (χ0) is 39.0. The largest absolute Gasteiger partial charge is 0.475 e. The number of hydrogen-bond donors (Lipinski definition) is 0. The summed E-state index contributed by atoms with van der Waals surface area (Å²) in [5.74, 6) is -1.22. The smallest absolute Gasteiger partial charge is 0.360 e. The van der Waals surface area contributed by atoms with Gasteiger partial charge in [-0.05, 0) is 6.42 Å². The highest BCUT2D eigenvalue weighted by atomic mass is 32.1. The fourth-order valence-electron chi connectivity index (χ4n) is 9.73. The number of likely N-dealkylation sites (N-methyl/N-ethyl adjacent to an activating group) is 1. The normalized spacial score (nSPS) is 24.0. The summed E-state index contributed by atoms with van der Waals surface area (Å²) in [5.41, 5.74) is 0.952. The number of nitrogens with zero attached hydrogens (tertiary/aromatic N) is 4. The summed E-state index contributed by atoms with van der Waals surface area (Å²) in [6.45, 7) is 6.78. The molecule has 7 rings (SSSR count). The second-order valence-electron chi connectivity index (χ2n) is 16.5. The number of benzene rings is 2. The molecule has 0 saturated carbocycles. The number of unbranched alkanes of at least 4 members (excludes halogenated alkanes) is 3. The number of carbonyl (C=O) groups is 3. The molecule has 300 valence electrons. The second-order valence-corrected chi connectivity index (χ2v) is 17.0. The first-order valence-electron chi connectivity index (χ1n) is 20.8. The molecule has 4 aliphatic heterocycles. The minimum absolute atomic E-state index is 0.143. The number of ether oxygens (including phenoxy) is 4. The third-order valence-electron chi connectivity index (χ3n) is 12.6. The van der Waals surface area contributed by atoms with Gasteiger partial charge >= 0.3 is 17.9 Å². The van der Waals surface area contributed by atoms with Crippen molar-refractivity contribution in [3.63, 3.8) is 0 Å². The molecule has 3 unspecified atom stereocenters. The van der Waals surface area contributed by atoms with Gasteiger partial charge in [0, 0.05) is 61.6 Å². The van der Waals surface area contributed by atoms with Crippen molar-refractivity contribution in [2.75, 3.05) is 46.6 Å². The summed E-state index contributed by atoms with van der Waals surface area (Å²) in [7, 11) is 2.05. The van der Waals surface area contributed by atoms with Crippen molar-refractivity contribution < 1.29 is 42.3 Å². The van der Waals surface area contributed by atoms with Crippen LogP contribution in [0.1, 0.15) is 107 Å². The molecule has 0 amide bonds. The molecule has 1 aromatic heterocycles. The fraction of sp³-hybridized carbons (Fsp3) is 0.568. The maximum absolute atomic E-state index is 14.7. The van der Waals surface area contributed by atoms with Gasteiger partial charge < -0.3 is 23.4 Å². The average molecular weight is 787 g/mol. The topological polar surface area (TPSA) is 114 Å². The fourth-order valence-corrected chi connectivity index (χ4v) is 10.3. The van der Waals surface area contributed by atoms with E-state index in [1.165, 1.54) is 56.1 Å². The number of aromatic nitrogens is 2. The molecular weight excluding hydrogens is 729 g/mol. The molecular formula is C44H58N4O7S+2. The molecule has 3 fully saturated rings. The quantitative estimate of drug-likeness (QED) is 0.0600. The minimum Gasteiger partial charge on any atom is -0.475 e. The van der Waals surface area contributed by atoms with Gasteiger partial charge in [0.1, 0.15) is 18.3 Å². The van der Waals surface area contributed by atoms with E-state index in [4.69, 9.17) is 18.9 Å². The van der Waals surface area contributed by atoms with Crippen LogP contribution in [0.15, 0.2) is 66.7 Å². The Morgan fingerprint density at radius 1 is 0.839 bits per heavy atom. The molecule has 0 radical (unpaired) electrons. The van der Waals surface area contributed by atoms with Crippen LogP contribution < -0.4 is 4.74 Å². The van der Waals surface area contributed by atoms with E-state index >= 15 is 0 Å². The lowest BCUT2D eigenvalue weighted by Crippen LogP contribution is -2.60. The van der Waals surface area contributed by atoms with E-state index in [2.05, 4.69) is 21.7 Å². The third kappa shape index (κ3) is 8.72. The van der Waals surface area contributed by atoms with Gasteiger partial charge in [0.2, 0.25) is 6.73 Å². The molecule has 12 heteroatoms. The van der Waals surface area contributed by atoms with Gasteiger partial charge in [-0.1, -0.05) is 92.9 Å². The van der Waals surface area contributed by atoms with Crippen molar-refractivity contribution in [1.82, 2.24) is 8.75 Å². The Kier molecular flexibility index (Phi) is 12.9. The summed E-state index contributed by atoms with van der Waals surface area (Å²) in [6.07, 6.45) is 13.2. The van der Waals surface area contributed by atoms with Crippen molar-refractivity contribution in [2.24, 2.45) is 0 Å². The lowest BCUT2D eigenvalue weighted by atomic mass is 9.85. The standard InChI is InChI=1S/C44H58N4O7S/c1-3-4-5-14-28-52-42-41(45-56-46-42)33-16-15-25-47(2,31-33)32-53-39(49)23-24-40(50)55-44(34-17-8-6-9-18-34,35-19-10-7-11-20-35)43(51)54-38-29-36-21-22-37(30-38)48(36)26-12-13-27-48/h6-11,16-20,36-38H,3-5,12-15,21-32H2,1-2H3/q+2. The molecule has 2 bridgehead atoms. The highest BCUT2D eigenvalue weighted by Crippen LogP contribution is 2.47. The molecule has 11 nitrogen and oxygen atoms in total. The Morgan fingerprint density at radius 2 is 1.50 bits per heavy atom. The average Bonchev–Trinajstić information content (AvgIpc) is 3.94. The molecule has 0 aliphatic carbocycles. The number of esters is 3. The van der Waals surface area contributed by atoms with Crippen molar-refractivity contribution in [3.8, 4) is 5.88 Å². The van der Waals surface area contributed by atoms with Crippen molar-refractivity contribution >= 4 is 35.2 Å². The van der Waals surface area contributed by atoms with Gasteiger partial charge in [0.05, 0.1) is 69.9 Å². The third-order valence-corrected chi connectivity index (χ3v) is 13.1. The van der Waals surface area contributed by atoms with E-state index in [0.29, 0.717) is 46.7 Å². The van der Waals surface area contributed by atoms with E-state index in [1.54, 1.807) is 24.3 Å². The molecule has 4 aliphatic rings. The van der Waals surface area contributed by atoms with Gasteiger partial charge in [-0.15, -0.1) is 4.37 Å². The lowest BCUT2D eigenvalue weighted by molar-refractivity contribution is -0.956. The Morgan fingerprint density at radius 3 is 2.16 bits per heavy atom. The number of piperidine rings is 1. The Labute approximate surface area is 335 Å². The van der Waals surface area contributed by atoms with Crippen LogP contribution in [0.5, 0.6) is 5.88 Å². The molecule has 0 N–H and O–H groups in total. The maximum atomic E-state index is 14.7. The van der Waals surface area contributed by atoms with E-state index in [0.717, 1.165) is 61.6 Å². The zero-order valence-electron chi connectivity index (χ0n) is 33.1. The molecule has 1 spiro atoms. The molecule has 56 heavy (non-hydrogen) atoms. The van der Waals surface area contributed by atoms with Gasteiger partial charge in [-0.2, -0.15) is 4.37 Å². The van der Waals surface area contributed by atoms with Crippen LogP contribution in [0, 0.1) is 0 Å². The van der Waals surface area contributed by atoms with Gasteiger partial charge in [-0.25, -0.2) is 4.79 Å². The van der Waals surface area contributed by atoms with E-state index < -0.39 is 23.5 Å². The van der Waals surface area contributed by atoms with Crippen LogP contribution >= 0.6 is 11.7 Å². The SMILES string of the molecule is CCCCCCOc1nsnc1C1=CCC[N+](C)(COC(=O)CCC(=O)OC(C(=O)OC2CC3CCC(C2)[N+]32CCCC2)(c2ccccc2)c2ccccc2)C1. The monoisotopic (exact) mass is 786 g/mol. The molecule has 5 heterocycles. The van der Waals surface area contributed by atoms with Crippen molar-refractivity contribution in [2.45, 2.75) is 114 Å². The molecule has 3 atom stereocenters.